The van der Waals surface area contributed by atoms with Gasteiger partial charge in [0.15, 0.2) is 0 Å². The van der Waals surface area contributed by atoms with Crippen LogP contribution in [0.4, 0.5) is 5.82 Å². The van der Waals surface area contributed by atoms with Gasteiger partial charge in [-0.15, -0.1) is 11.3 Å². The zero-order valence-electron chi connectivity index (χ0n) is 10.8. The van der Waals surface area contributed by atoms with Crippen molar-refractivity contribution in [1.29, 1.82) is 0 Å². The summed E-state index contributed by atoms with van der Waals surface area (Å²) in [5.41, 5.74) is 0. The lowest BCUT2D eigenvalue weighted by Crippen LogP contribution is -2.19. The van der Waals surface area contributed by atoms with E-state index in [2.05, 4.69) is 28.3 Å². The summed E-state index contributed by atoms with van der Waals surface area (Å²) in [5, 5.41) is 4.82. The van der Waals surface area contributed by atoms with E-state index in [4.69, 9.17) is 0 Å². The molecule has 0 saturated heterocycles. The topological polar surface area (TPSA) is 37.8 Å². The van der Waals surface area contributed by atoms with E-state index >= 15 is 0 Å². The minimum Gasteiger partial charge on any atom is -0.367 e. The number of fused-ring (bicyclic) bond motifs is 1. The second-order valence-electron chi connectivity index (χ2n) is 5.13. The van der Waals surface area contributed by atoms with Crippen LogP contribution in [0, 0.1) is 6.92 Å². The Kier molecular flexibility index (Phi) is 3.46. The highest BCUT2D eigenvalue weighted by atomic mass is 32.1. The minimum absolute atomic E-state index is 0.589. The summed E-state index contributed by atoms with van der Waals surface area (Å²) in [6, 6.07) is 2.78. The van der Waals surface area contributed by atoms with Crippen molar-refractivity contribution in [2.75, 3.05) is 5.32 Å². The highest BCUT2D eigenvalue weighted by Gasteiger charge is 2.14. The summed E-state index contributed by atoms with van der Waals surface area (Å²) in [7, 11) is 0. The van der Waals surface area contributed by atoms with E-state index in [1.54, 1.807) is 17.7 Å². The van der Waals surface area contributed by atoms with Gasteiger partial charge in [-0.1, -0.05) is 25.7 Å². The summed E-state index contributed by atoms with van der Waals surface area (Å²) < 4.78 is 0. The van der Waals surface area contributed by atoms with Gasteiger partial charge in [-0.3, -0.25) is 0 Å². The van der Waals surface area contributed by atoms with Crippen molar-refractivity contribution in [2.45, 2.75) is 51.5 Å². The molecule has 18 heavy (non-hydrogen) atoms. The maximum absolute atomic E-state index is 4.43. The van der Waals surface area contributed by atoms with E-state index < -0.39 is 0 Å². The fourth-order valence-electron chi connectivity index (χ4n) is 2.71. The normalized spacial score (nSPS) is 17.8. The fourth-order valence-corrected chi connectivity index (χ4v) is 3.56. The van der Waals surface area contributed by atoms with E-state index in [-0.39, 0.29) is 0 Å². The van der Waals surface area contributed by atoms with Gasteiger partial charge in [-0.05, 0) is 25.8 Å². The van der Waals surface area contributed by atoms with Crippen molar-refractivity contribution in [3.8, 4) is 0 Å². The lowest BCUT2D eigenvalue weighted by Gasteiger charge is -2.17. The predicted octanol–water partition coefficient (Wildman–Crippen LogP) is 4.13. The van der Waals surface area contributed by atoms with Crippen LogP contribution < -0.4 is 5.32 Å². The molecule has 0 atom stereocenters. The molecular weight excluding hydrogens is 242 g/mol. The third-order valence-corrected chi connectivity index (χ3v) is 4.61. The molecule has 3 rings (SSSR count). The lowest BCUT2D eigenvalue weighted by atomic mass is 10.1. The van der Waals surface area contributed by atoms with Gasteiger partial charge in [0.1, 0.15) is 17.0 Å². The fraction of sp³-hybridized carbons (Fsp3) is 0.571. The van der Waals surface area contributed by atoms with E-state index in [1.165, 1.54) is 48.8 Å². The summed E-state index contributed by atoms with van der Waals surface area (Å²) in [5.74, 6) is 1.02. The van der Waals surface area contributed by atoms with Crippen molar-refractivity contribution in [3.05, 3.63) is 17.3 Å². The van der Waals surface area contributed by atoms with Crippen LogP contribution in [-0.4, -0.2) is 16.0 Å². The number of aryl methyl sites for hydroxylation is 1. The molecule has 2 aromatic rings. The van der Waals surface area contributed by atoms with E-state index in [0.717, 1.165) is 10.6 Å². The van der Waals surface area contributed by atoms with Crippen LogP contribution in [0.3, 0.4) is 0 Å². The molecule has 0 unspecified atom stereocenters. The Labute approximate surface area is 112 Å². The van der Waals surface area contributed by atoms with Crippen molar-refractivity contribution in [1.82, 2.24) is 9.97 Å². The number of thiophene rings is 1. The maximum Gasteiger partial charge on any atom is 0.138 e. The Hall–Kier alpha value is -1.16. The Morgan fingerprint density at radius 2 is 1.94 bits per heavy atom. The molecule has 1 aliphatic carbocycles. The van der Waals surface area contributed by atoms with E-state index in [0.29, 0.717) is 6.04 Å². The molecule has 0 radical (unpaired) electrons. The number of hydrogen-bond acceptors (Lipinski definition) is 4. The zero-order valence-corrected chi connectivity index (χ0v) is 11.6. The van der Waals surface area contributed by atoms with Gasteiger partial charge in [0, 0.05) is 10.9 Å². The summed E-state index contributed by atoms with van der Waals surface area (Å²) in [6.45, 7) is 2.13. The molecule has 0 bridgehead atoms. The van der Waals surface area contributed by atoms with Crippen LogP contribution in [0.2, 0.25) is 0 Å². The van der Waals surface area contributed by atoms with Gasteiger partial charge in [-0.2, -0.15) is 0 Å². The van der Waals surface area contributed by atoms with Crippen LogP contribution in [0.25, 0.3) is 10.2 Å². The van der Waals surface area contributed by atoms with Gasteiger partial charge in [-0.25, -0.2) is 9.97 Å². The molecule has 1 aliphatic rings. The average Bonchev–Trinajstić information content (AvgIpc) is 2.58. The van der Waals surface area contributed by atoms with Gasteiger partial charge in [0.05, 0.1) is 5.39 Å². The Balaban J connectivity index is 1.84. The van der Waals surface area contributed by atoms with Crippen LogP contribution in [0.5, 0.6) is 0 Å². The molecule has 1 saturated carbocycles. The van der Waals surface area contributed by atoms with Crippen molar-refractivity contribution < 1.29 is 0 Å². The molecule has 1 fully saturated rings. The van der Waals surface area contributed by atoms with E-state index in [9.17, 15) is 0 Å². The van der Waals surface area contributed by atoms with Gasteiger partial charge in [0.25, 0.3) is 0 Å². The molecular formula is C14H19N3S. The van der Waals surface area contributed by atoms with Crippen LogP contribution in [0.1, 0.15) is 43.4 Å². The zero-order chi connectivity index (χ0) is 12.4. The molecule has 2 heterocycles. The molecule has 0 aliphatic heterocycles. The number of anilines is 1. The van der Waals surface area contributed by atoms with Crippen LogP contribution in [0.15, 0.2) is 12.4 Å². The predicted molar refractivity (Wildman–Crippen MR) is 77.3 cm³/mol. The molecule has 4 heteroatoms. The largest absolute Gasteiger partial charge is 0.367 e. The molecule has 0 aromatic carbocycles. The number of aromatic nitrogens is 2. The number of nitrogens with one attached hydrogen (secondary N) is 1. The van der Waals surface area contributed by atoms with Gasteiger partial charge in [0.2, 0.25) is 0 Å². The Morgan fingerprint density at radius 3 is 2.72 bits per heavy atom. The molecule has 96 valence electrons. The monoisotopic (exact) mass is 261 g/mol. The van der Waals surface area contributed by atoms with Crippen molar-refractivity contribution in [3.63, 3.8) is 0 Å². The molecule has 0 amide bonds. The average molecular weight is 261 g/mol. The second kappa shape index (κ2) is 5.22. The van der Waals surface area contributed by atoms with Gasteiger partial charge < -0.3 is 5.32 Å². The molecule has 0 spiro atoms. The Morgan fingerprint density at radius 1 is 1.17 bits per heavy atom. The smallest absolute Gasteiger partial charge is 0.138 e. The van der Waals surface area contributed by atoms with Crippen molar-refractivity contribution >= 4 is 27.4 Å². The number of nitrogens with zero attached hydrogens (tertiary/aromatic N) is 2. The lowest BCUT2D eigenvalue weighted by molar-refractivity contribution is 0.618. The molecule has 1 N–H and O–H groups in total. The standard InChI is InChI=1S/C14H19N3S/c1-10-8-12-13(15-9-16-14(12)18-10)17-11-6-4-2-3-5-7-11/h8-9,11H,2-7H2,1H3,(H,15,16,17). The maximum atomic E-state index is 4.43. The third kappa shape index (κ3) is 2.48. The summed E-state index contributed by atoms with van der Waals surface area (Å²) in [6.07, 6.45) is 9.67. The Bertz CT molecular complexity index is 527. The molecule has 2 aromatic heterocycles. The third-order valence-electron chi connectivity index (χ3n) is 3.65. The summed E-state index contributed by atoms with van der Waals surface area (Å²) >= 11 is 1.74. The first kappa shape index (κ1) is 11.9. The quantitative estimate of drug-likeness (QED) is 0.826. The first-order valence-corrected chi connectivity index (χ1v) is 7.62. The highest BCUT2D eigenvalue weighted by molar-refractivity contribution is 7.18. The summed E-state index contributed by atoms with van der Waals surface area (Å²) in [4.78, 5) is 11.2. The SMILES string of the molecule is Cc1cc2c(NC3CCCCCC3)ncnc2s1. The number of hydrogen-bond donors (Lipinski definition) is 1. The van der Waals surface area contributed by atoms with E-state index in [1.807, 2.05) is 0 Å². The first-order valence-electron chi connectivity index (χ1n) is 6.80. The number of rotatable bonds is 2. The van der Waals surface area contributed by atoms with Crippen LogP contribution in [-0.2, 0) is 0 Å². The molecule has 3 nitrogen and oxygen atoms in total. The van der Waals surface area contributed by atoms with Crippen LogP contribution >= 0.6 is 11.3 Å². The van der Waals surface area contributed by atoms with Crippen molar-refractivity contribution in [2.24, 2.45) is 0 Å². The second-order valence-corrected chi connectivity index (χ2v) is 6.37. The highest BCUT2D eigenvalue weighted by Crippen LogP contribution is 2.29. The minimum atomic E-state index is 0.589. The first-order chi connectivity index (χ1) is 8.83. The van der Waals surface area contributed by atoms with Gasteiger partial charge >= 0.3 is 0 Å².